The summed E-state index contributed by atoms with van der Waals surface area (Å²) in [6.07, 6.45) is 1.47. The molecule has 184 valence electrons. The smallest absolute Gasteiger partial charge is 0.323 e. The molecule has 3 aromatic carbocycles. The summed E-state index contributed by atoms with van der Waals surface area (Å²) in [6, 6.07) is 15.6. The zero-order chi connectivity index (χ0) is 25.4. The summed E-state index contributed by atoms with van der Waals surface area (Å²) < 4.78 is 5.85. The first-order valence-electron chi connectivity index (χ1n) is 11.3. The number of fused-ring (bicyclic) bond motifs is 1. The van der Waals surface area contributed by atoms with Crippen molar-refractivity contribution in [3.8, 4) is 11.5 Å². The molecular formula is C26H29N3O6. The van der Waals surface area contributed by atoms with Crippen molar-refractivity contribution in [1.82, 2.24) is 4.90 Å². The molecule has 0 aliphatic heterocycles. The van der Waals surface area contributed by atoms with Crippen LogP contribution >= 0.6 is 0 Å². The number of unbranched alkanes of at least 4 members (excludes halogenated alkanes) is 1. The summed E-state index contributed by atoms with van der Waals surface area (Å²) in [5.41, 5.74) is 12.3. The number of carboxylic acids is 1. The molecule has 9 nitrogen and oxygen atoms in total. The summed E-state index contributed by atoms with van der Waals surface area (Å²) in [6.45, 7) is -0.0316. The first-order chi connectivity index (χ1) is 16.8. The van der Waals surface area contributed by atoms with Gasteiger partial charge in [0.1, 0.15) is 18.0 Å². The lowest BCUT2D eigenvalue weighted by atomic mass is 10.0. The number of rotatable bonds is 11. The molecule has 3 aromatic rings. The monoisotopic (exact) mass is 479 g/mol. The number of aromatic hydroxyl groups is 1. The van der Waals surface area contributed by atoms with Gasteiger partial charge in [0.15, 0.2) is 0 Å². The highest BCUT2D eigenvalue weighted by atomic mass is 16.5. The van der Waals surface area contributed by atoms with Crippen LogP contribution in [0, 0.1) is 0 Å². The number of imide groups is 1. The van der Waals surface area contributed by atoms with E-state index >= 15 is 0 Å². The van der Waals surface area contributed by atoms with Crippen molar-refractivity contribution in [2.45, 2.75) is 25.3 Å². The molecule has 0 aliphatic carbocycles. The topological polar surface area (TPSA) is 156 Å². The number of aliphatic carboxylic acids is 1. The zero-order valence-corrected chi connectivity index (χ0v) is 19.2. The van der Waals surface area contributed by atoms with E-state index in [2.05, 4.69) is 0 Å². The Hall–Kier alpha value is -3.95. The van der Waals surface area contributed by atoms with Crippen LogP contribution in [0.15, 0.2) is 60.7 Å². The number of carboxylic acid groups (broad SMARTS) is 1. The maximum atomic E-state index is 13.5. The molecule has 0 saturated carbocycles. The number of benzene rings is 3. The predicted molar refractivity (Wildman–Crippen MR) is 131 cm³/mol. The number of amides is 2. The molecule has 1 unspecified atom stereocenters. The molecule has 35 heavy (non-hydrogen) atoms. The first kappa shape index (κ1) is 25.7. The van der Waals surface area contributed by atoms with Gasteiger partial charge in [0, 0.05) is 0 Å². The molecule has 0 aromatic heterocycles. The van der Waals surface area contributed by atoms with Crippen LogP contribution in [0.2, 0.25) is 0 Å². The van der Waals surface area contributed by atoms with Crippen LogP contribution < -0.4 is 16.2 Å². The van der Waals surface area contributed by atoms with Crippen molar-refractivity contribution in [1.29, 1.82) is 0 Å². The van der Waals surface area contributed by atoms with Gasteiger partial charge < -0.3 is 26.4 Å². The van der Waals surface area contributed by atoms with Gasteiger partial charge in [-0.25, -0.2) is 0 Å². The number of carbonyl (C=O) groups excluding carboxylic acids is 2. The van der Waals surface area contributed by atoms with E-state index in [0.717, 1.165) is 17.2 Å². The number of phenols is 1. The van der Waals surface area contributed by atoms with Crippen LogP contribution in [-0.4, -0.2) is 58.6 Å². The molecular weight excluding hydrogens is 450 g/mol. The Labute approximate surface area is 202 Å². The van der Waals surface area contributed by atoms with Gasteiger partial charge in [-0.15, -0.1) is 0 Å². The van der Waals surface area contributed by atoms with Crippen LogP contribution in [0.25, 0.3) is 10.8 Å². The number of ether oxygens (including phenoxy) is 1. The van der Waals surface area contributed by atoms with E-state index in [0.29, 0.717) is 30.0 Å². The lowest BCUT2D eigenvalue weighted by Crippen LogP contribution is -2.49. The average Bonchev–Trinajstić information content (AvgIpc) is 2.85. The van der Waals surface area contributed by atoms with Crippen molar-refractivity contribution >= 4 is 28.6 Å². The van der Waals surface area contributed by atoms with Crippen LogP contribution in [0.1, 0.15) is 28.8 Å². The average molecular weight is 480 g/mol. The van der Waals surface area contributed by atoms with Crippen LogP contribution in [0.3, 0.4) is 0 Å². The SMILES string of the molecule is NCCCCOc1cc2ccccc2cc1C(=O)N(CC(=O)O)C(=O)C(N)Cc1ccc(O)cc1. The van der Waals surface area contributed by atoms with Crippen molar-refractivity contribution < 1.29 is 29.3 Å². The van der Waals surface area contributed by atoms with E-state index in [-0.39, 0.29) is 23.5 Å². The number of hydrogen-bond acceptors (Lipinski definition) is 7. The van der Waals surface area contributed by atoms with Crippen molar-refractivity contribution in [2.75, 3.05) is 19.7 Å². The highest BCUT2D eigenvalue weighted by molar-refractivity contribution is 6.10. The Kier molecular flexibility index (Phi) is 8.77. The number of hydrogen-bond donors (Lipinski definition) is 4. The largest absolute Gasteiger partial charge is 0.508 e. The van der Waals surface area contributed by atoms with Crippen molar-refractivity contribution in [3.05, 3.63) is 71.8 Å². The number of nitrogens with two attached hydrogens (primary N) is 2. The van der Waals surface area contributed by atoms with Gasteiger partial charge in [0.2, 0.25) is 5.91 Å². The number of phenolic OH excluding ortho intramolecular Hbond substituents is 1. The molecule has 0 fully saturated rings. The normalized spacial score (nSPS) is 11.7. The predicted octanol–water partition coefficient (Wildman–Crippen LogP) is 2.29. The minimum atomic E-state index is -1.35. The fourth-order valence-electron chi connectivity index (χ4n) is 3.64. The molecule has 3 rings (SSSR count). The molecule has 0 aliphatic rings. The first-order valence-corrected chi connectivity index (χ1v) is 11.3. The van der Waals surface area contributed by atoms with E-state index in [1.807, 2.05) is 24.3 Å². The van der Waals surface area contributed by atoms with E-state index in [4.69, 9.17) is 16.2 Å². The number of carbonyl (C=O) groups is 3. The molecule has 2 amide bonds. The number of nitrogens with zero attached hydrogens (tertiary/aromatic N) is 1. The zero-order valence-electron chi connectivity index (χ0n) is 19.2. The molecule has 0 spiro atoms. The molecule has 6 N–H and O–H groups in total. The van der Waals surface area contributed by atoms with E-state index in [1.165, 1.54) is 12.1 Å². The second-order valence-corrected chi connectivity index (χ2v) is 8.14. The lowest BCUT2D eigenvalue weighted by Gasteiger charge is -2.24. The van der Waals surface area contributed by atoms with Crippen molar-refractivity contribution in [2.24, 2.45) is 11.5 Å². The lowest BCUT2D eigenvalue weighted by molar-refractivity contribution is -0.143. The van der Waals surface area contributed by atoms with Gasteiger partial charge in [-0.2, -0.15) is 0 Å². The second-order valence-electron chi connectivity index (χ2n) is 8.14. The van der Waals surface area contributed by atoms with Gasteiger partial charge in [-0.1, -0.05) is 36.4 Å². The fraction of sp³-hybridized carbons (Fsp3) is 0.269. The van der Waals surface area contributed by atoms with Crippen LogP contribution in [-0.2, 0) is 16.0 Å². The van der Waals surface area contributed by atoms with Gasteiger partial charge >= 0.3 is 5.97 Å². The Morgan fingerprint density at radius 2 is 1.63 bits per heavy atom. The Balaban J connectivity index is 1.92. The molecule has 9 heteroatoms. The standard InChI is InChI=1S/C26H29N3O6/c27-11-3-4-12-35-23-15-19-6-2-1-5-18(19)14-21(23)25(33)29(16-24(31)32)26(34)22(28)13-17-7-9-20(30)10-8-17/h1-2,5-10,14-15,22,30H,3-4,11-13,16,27-28H2,(H,31,32). The highest BCUT2D eigenvalue weighted by Gasteiger charge is 2.31. The van der Waals surface area contributed by atoms with Gasteiger partial charge in [0.05, 0.1) is 18.2 Å². The van der Waals surface area contributed by atoms with Gasteiger partial charge in [-0.3, -0.25) is 19.3 Å². The minimum Gasteiger partial charge on any atom is -0.508 e. The van der Waals surface area contributed by atoms with Gasteiger partial charge in [0.25, 0.3) is 5.91 Å². The third-order valence-electron chi connectivity index (χ3n) is 5.45. The summed E-state index contributed by atoms with van der Waals surface area (Å²) >= 11 is 0. The van der Waals surface area contributed by atoms with Crippen LogP contribution in [0.4, 0.5) is 0 Å². The Morgan fingerprint density at radius 1 is 0.971 bits per heavy atom. The maximum absolute atomic E-state index is 13.5. The van der Waals surface area contributed by atoms with E-state index in [9.17, 15) is 24.6 Å². The Morgan fingerprint density at radius 3 is 2.26 bits per heavy atom. The van der Waals surface area contributed by atoms with E-state index in [1.54, 1.807) is 24.3 Å². The summed E-state index contributed by atoms with van der Waals surface area (Å²) in [7, 11) is 0. The summed E-state index contributed by atoms with van der Waals surface area (Å²) in [5.74, 6) is -2.67. The van der Waals surface area contributed by atoms with Crippen LogP contribution in [0.5, 0.6) is 11.5 Å². The summed E-state index contributed by atoms with van der Waals surface area (Å²) in [5, 5.41) is 20.4. The molecule has 1 atom stereocenters. The van der Waals surface area contributed by atoms with E-state index < -0.39 is 30.4 Å². The third kappa shape index (κ3) is 6.78. The molecule has 0 saturated heterocycles. The summed E-state index contributed by atoms with van der Waals surface area (Å²) in [4.78, 5) is 38.9. The molecule has 0 radical (unpaired) electrons. The molecule has 0 heterocycles. The third-order valence-corrected chi connectivity index (χ3v) is 5.45. The fourth-order valence-corrected chi connectivity index (χ4v) is 3.64. The van der Waals surface area contributed by atoms with Crippen molar-refractivity contribution in [3.63, 3.8) is 0 Å². The second kappa shape index (κ2) is 12.0. The maximum Gasteiger partial charge on any atom is 0.323 e. The van der Waals surface area contributed by atoms with Gasteiger partial charge in [-0.05, 0) is 66.4 Å². The Bertz CT molecular complexity index is 1200. The minimum absolute atomic E-state index is 0.0582. The molecule has 0 bridgehead atoms. The highest BCUT2D eigenvalue weighted by Crippen LogP contribution is 2.28. The quantitative estimate of drug-likeness (QED) is 0.305.